The monoisotopic (exact) mass is 464 g/mol. The van der Waals surface area contributed by atoms with Gasteiger partial charge >= 0.3 is 12.2 Å². The molecule has 0 spiro atoms. The molecule has 1 N–H and O–H groups in total. The third-order valence-electron chi connectivity index (χ3n) is 5.85. The highest BCUT2D eigenvalue weighted by atomic mass is 19.4. The molecular formula is C25H19F3N4O2. The van der Waals surface area contributed by atoms with E-state index in [1.165, 1.54) is 31.4 Å². The van der Waals surface area contributed by atoms with Crippen LogP contribution >= 0.6 is 0 Å². The zero-order valence-electron chi connectivity index (χ0n) is 18.2. The van der Waals surface area contributed by atoms with E-state index in [2.05, 4.69) is 15.3 Å². The van der Waals surface area contributed by atoms with Gasteiger partial charge in [-0.2, -0.15) is 18.2 Å². The summed E-state index contributed by atoms with van der Waals surface area (Å²) in [6, 6.07) is 18.1. The Kier molecular flexibility index (Phi) is 4.93. The minimum Gasteiger partial charge on any atom is -0.497 e. The van der Waals surface area contributed by atoms with E-state index in [4.69, 9.17) is 4.74 Å². The first-order valence-electron chi connectivity index (χ1n) is 10.4. The fourth-order valence-electron chi connectivity index (χ4n) is 4.22. The molecule has 3 aromatic carbocycles. The molecule has 0 radical (unpaired) electrons. The Bertz CT molecular complexity index is 1330. The van der Waals surface area contributed by atoms with Gasteiger partial charge < -0.3 is 10.1 Å². The molecule has 0 bridgehead atoms. The molecule has 1 unspecified atom stereocenters. The molecule has 0 saturated carbocycles. The van der Waals surface area contributed by atoms with Crippen molar-refractivity contribution in [3.63, 3.8) is 0 Å². The molecule has 2 heterocycles. The van der Waals surface area contributed by atoms with Gasteiger partial charge in [0.15, 0.2) is 5.84 Å². The van der Waals surface area contributed by atoms with Gasteiger partial charge in [0.05, 0.1) is 12.8 Å². The summed E-state index contributed by atoms with van der Waals surface area (Å²) in [7, 11) is 1.42. The van der Waals surface area contributed by atoms with Crippen molar-refractivity contribution in [1.82, 2.24) is 10.2 Å². The van der Waals surface area contributed by atoms with Crippen molar-refractivity contribution in [2.45, 2.75) is 18.8 Å². The minimum absolute atomic E-state index is 0.0337. The SMILES string of the molecule is COc1ccc(C2(C(F)(F)F)NC(=O)N=C3c4ccccc4C(=Nc4ccc(C)cc4)N32)cc1. The number of aryl methyl sites for hydroxylation is 1. The maximum atomic E-state index is 15.1. The maximum absolute atomic E-state index is 15.1. The molecule has 5 rings (SSSR count). The average Bonchev–Trinajstić information content (AvgIpc) is 3.13. The summed E-state index contributed by atoms with van der Waals surface area (Å²) in [5.74, 6) is 0.306. The summed E-state index contributed by atoms with van der Waals surface area (Å²) < 4.78 is 50.3. The van der Waals surface area contributed by atoms with Gasteiger partial charge in [0, 0.05) is 16.7 Å². The lowest BCUT2D eigenvalue weighted by Gasteiger charge is -2.46. The zero-order valence-corrected chi connectivity index (χ0v) is 18.2. The number of hydrogen-bond donors (Lipinski definition) is 1. The molecule has 0 aromatic heterocycles. The summed E-state index contributed by atoms with van der Waals surface area (Å²) >= 11 is 0. The Morgan fingerprint density at radius 3 is 2.24 bits per heavy atom. The topological polar surface area (TPSA) is 66.3 Å². The fourth-order valence-corrected chi connectivity index (χ4v) is 4.22. The number of fused-ring (bicyclic) bond motifs is 3. The Morgan fingerprint density at radius 2 is 1.62 bits per heavy atom. The summed E-state index contributed by atoms with van der Waals surface area (Å²) in [5, 5.41) is 2.11. The van der Waals surface area contributed by atoms with Gasteiger partial charge in [-0.1, -0.05) is 54.1 Å². The number of halogens is 3. The summed E-state index contributed by atoms with van der Waals surface area (Å²) in [6.45, 7) is 1.91. The second-order valence-corrected chi connectivity index (χ2v) is 7.95. The molecule has 9 heteroatoms. The van der Waals surface area contributed by atoms with Crippen LogP contribution < -0.4 is 10.1 Å². The second kappa shape index (κ2) is 7.72. The summed E-state index contributed by atoms with van der Waals surface area (Å²) in [4.78, 5) is 22.1. The van der Waals surface area contributed by atoms with Crippen molar-refractivity contribution in [1.29, 1.82) is 0 Å². The van der Waals surface area contributed by atoms with Gasteiger partial charge in [-0.05, 0) is 31.2 Å². The number of nitrogens with zero attached hydrogens (tertiary/aromatic N) is 3. The molecule has 0 fully saturated rings. The van der Waals surface area contributed by atoms with E-state index < -0.39 is 17.9 Å². The summed E-state index contributed by atoms with van der Waals surface area (Å²) in [5.41, 5.74) is -0.835. The lowest BCUT2D eigenvalue weighted by Crippen LogP contribution is -2.69. The maximum Gasteiger partial charge on any atom is 0.435 e. The van der Waals surface area contributed by atoms with Crippen LogP contribution in [0.2, 0.25) is 0 Å². The molecule has 34 heavy (non-hydrogen) atoms. The molecular weight excluding hydrogens is 445 g/mol. The molecule has 6 nitrogen and oxygen atoms in total. The number of carbonyl (C=O) groups is 1. The van der Waals surface area contributed by atoms with Crippen LogP contribution in [0.1, 0.15) is 22.3 Å². The number of methoxy groups -OCH3 is 1. The number of benzene rings is 3. The lowest BCUT2D eigenvalue weighted by atomic mass is 9.95. The van der Waals surface area contributed by atoms with E-state index in [1.54, 1.807) is 36.4 Å². The smallest absolute Gasteiger partial charge is 0.435 e. The quantitative estimate of drug-likeness (QED) is 0.573. The van der Waals surface area contributed by atoms with Crippen LogP contribution in [-0.2, 0) is 5.66 Å². The highest BCUT2D eigenvalue weighted by molar-refractivity contribution is 6.28. The third-order valence-corrected chi connectivity index (χ3v) is 5.85. The lowest BCUT2D eigenvalue weighted by molar-refractivity contribution is -0.223. The van der Waals surface area contributed by atoms with Gasteiger partial charge in [0.2, 0.25) is 5.66 Å². The summed E-state index contributed by atoms with van der Waals surface area (Å²) in [6.07, 6.45) is -4.94. The molecule has 0 aliphatic carbocycles. The highest BCUT2D eigenvalue weighted by Gasteiger charge is 2.66. The number of nitrogens with one attached hydrogen (secondary N) is 1. The molecule has 0 saturated heterocycles. The number of carbonyl (C=O) groups excluding carboxylic acids is 1. The standard InChI is InChI=1S/C25H19F3N4O2/c1-15-7-11-17(12-8-15)29-21-19-5-3-4-6-20(19)22-30-23(33)31-24(32(21)22,25(26,27)28)16-9-13-18(34-2)14-10-16/h3-14H,1-2H3,(H,31,33). The predicted molar refractivity (Wildman–Crippen MR) is 121 cm³/mol. The van der Waals surface area contributed by atoms with Crippen molar-refractivity contribution < 1.29 is 22.7 Å². The van der Waals surface area contributed by atoms with Crippen LogP contribution in [0.15, 0.2) is 82.8 Å². The number of amidine groups is 2. The van der Waals surface area contributed by atoms with E-state index in [-0.39, 0.29) is 17.2 Å². The molecule has 1 atom stereocenters. The van der Waals surface area contributed by atoms with E-state index in [0.29, 0.717) is 22.6 Å². The predicted octanol–water partition coefficient (Wildman–Crippen LogP) is 5.28. The zero-order chi connectivity index (χ0) is 24.1. The largest absolute Gasteiger partial charge is 0.497 e. The molecule has 2 amide bonds. The second-order valence-electron chi connectivity index (χ2n) is 7.95. The number of rotatable bonds is 3. The van der Waals surface area contributed by atoms with Crippen molar-refractivity contribution in [3.05, 3.63) is 95.1 Å². The van der Waals surface area contributed by atoms with E-state index >= 15 is 13.2 Å². The minimum atomic E-state index is -4.94. The van der Waals surface area contributed by atoms with Crippen molar-refractivity contribution in [2.75, 3.05) is 7.11 Å². The van der Waals surface area contributed by atoms with Crippen molar-refractivity contribution >= 4 is 23.4 Å². The Hall–Kier alpha value is -4.14. The van der Waals surface area contributed by atoms with Crippen LogP contribution in [0.4, 0.5) is 23.7 Å². The van der Waals surface area contributed by atoms with Crippen LogP contribution in [0.5, 0.6) is 5.75 Å². The van der Waals surface area contributed by atoms with Gasteiger partial charge in [-0.15, -0.1) is 0 Å². The average molecular weight is 464 g/mol. The first-order chi connectivity index (χ1) is 16.2. The van der Waals surface area contributed by atoms with Crippen LogP contribution in [-0.4, -0.2) is 35.9 Å². The van der Waals surface area contributed by atoms with E-state index in [0.717, 1.165) is 10.5 Å². The number of aliphatic imine (C=N–C) groups is 2. The number of urea groups is 1. The van der Waals surface area contributed by atoms with Crippen molar-refractivity contribution in [2.24, 2.45) is 9.98 Å². The van der Waals surface area contributed by atoms with Crippen LogP contribution in [0.3, 0.4) is 0 Å². The van der Waals surface area contributed by atoms with Gasteiger partial charge in [-0.3, -0.25) is 4.90 Å². The van der Waals surface area contributed by atoms with Gasteiger partial charge in [0.25, 0.3) is 0 Å². The Morgan fingerprint density at radius 1 is 0.971 bits per heavy atom. The number of hydrogen-bond acceptors (Lipinski definition) is 3. The van der Waals surface area contributed by atoms with Gasteiger partial charge in [-0.25, -0.2) is 9.79 Å². The van der Waals surface area contributed by atoms with Crippen molar-refractivity contribution in [3.8, 4) is 5.75 Å². The first-order valence-corrected chi connectivity index (χ1v) is 10.4. The number of alkyl halides is 3. The highest BCUT2D eigenvalue weighted by Crippen LogP contribution is 2.48. The van der Waals surface area contributed by atoms with Crippen LogP contribution in [0, 0.1) is 6.92 Å². The molecule has 3 aromatic rings. The number of ether oxygens (including phenoxy) is 1. The fraction of sp³-hybridized carbons (Fsp3) is 0.160. The molecule has 172 valence electrons. The molecule has 2 aliphatic heterocycles. The van der Waals surface area contributed by atoms with Gasteiger partial charge in [0.1, 0.15) is 11.6 Å². The normalized spacial score (nSPS) is 20.5. The third kappa shape index (κ3) is 3.23. The van der Waals surface area contributed by atoms with E-state index in [9.17, 15) is 4.79 Å². The Labute approximate surface area is 193 Å². The first kappa shape index (κ1) is 21.7. The molecule has 2 aliphatic rings. The van der Waals surface area contributed by atoms with E-state index in [1.807, 2.05) is 19.1 Å². The number of amides is 2. The Balaban J connectivity index is 1.81. The van der Waals surface area contributed by atoms with Crippen LogP contribution in [0.25, 0.3) is 0 Å².